The molecule has 2 heterocycles. The fourth-order valence-electron chi connectivity index (χ4n) is 3.37. The van der Waals surface area contributed by atoms with Crippen LogP contribution in [0.3, 0.4) is 0 Å². The lowest BCUT2D eigenvalue weighted by atomic mass is 10.1. The molecule has 6 atom stereocenters. The van der Waals surface area contributed by atoms with Gasteiger partial charge in [-0.05, 0) is 39.8 Å². The average Bonchev–Trinajstić information content (AvgIpc) is 3.03. The van der Waals surface area contributed by atoms with Gasteiger partial charge in [0.15, 0.2) is 6.23 Å². The van der Waals surface area contributed by atoms with Gasteiger partial charge in [0.1, 0.15) is 24.0 Å². The summed E-state index contributed by atoms with van der Waals surface area (Å²) < 4.78 is 51.1. The van der Waals surface area contributed by atoms with E-state index in [2.05, 4.69) is 5.09 Å². The minimum absolute atomic E-state index is 0.0667. The number of rotatable bonds is 10. The molecule has 0 bridgehead atoms. The van der Waals surface area contributed by atoms with E-state index in [9.17, 15) is 24.1 Å². The predicted octanol–water partition coefficient (Wildman–Crippen LogP) is 2.14. The summed E-state index contributed by atoms with van der Waals surface area (Å²) in [4.78, 5) is 38.2. The van der Waals surface area contributed by atoms with Gasteiger partial charge in [0.2, 0.25) is 0 Å². The number of aromatic amines is 1. The SMILES string of the molecule is Cc1cn([C@@H]2O[C@H](CO[P@](=O)(N[C@H](C)C(=O)OC(C)C)Oc3ccccc3)[C@@H](O)[C@]2(F)Cl)c(=O)[nH]c1=O. The molecule has 0 spiro atoms. The van der Waals surface area contributed by atoms with Crippen LogP contribution in [-0.2, 0) is 23.4 Å². The highest BCUT2D eigenvalue weighted by Gasteiger charge is 2.58. The number of benzene rings is 1. The molecule has 3 N–H and O–H groups in total. The van der Waals surface area contributed by atoms with Crippen molar-refractivity contribution in [1.82, 2.24) is 14.6 Å². The second kappa shape index (κ2) is 11.5. The van der Waals surface area contributed by atoms with Crippen molar-refractivity contribution in [1.29, 1.82) is 0 Å². The van der Waals surface area contributed by atoms with Crippen molar-refractivity contribution < 1.29 is 37.4 Å². The van der Waals surface area contributed by atoms with Gasteiger partial charge >= 0.3 is 19.4 Å². The van der Waals surface area contributed by atoms with Crippen LogP contribution in [0.2, 0.25) is 0 Å². The van der Waals surface area contributed by atoms with Crippen LogP contribution < -0.4 is 20.9 Å². The lowest BCUT2D eigenvalue weighted by Crippen LogP contribution is -2.42. The molecule has 1 aliphatic rings. The normalized spacial score (nSPS) is 26.0. The molecule has 0 amide bonds. The first-order chi connectivity index (χ1) is 17.2. The molecule has 1 aliphatic heterocycles. The van der Waals surface area contributed by atoms with E-state index in [0.717, 1.165) is 6.20 Å². The Morgan fingerprint density at radius 3 is 2.59 bits per heavy atom. The number of H-pyrrole nitrogens is 1. The van der Waals surface area contributed by atoms with Gasteiger partial charge in [0.25, 0.3) is 10.7 Å². The number of carbonyl (C=O) groups excluding carboxylic acids is 1. The fourth-order valence-corrected chi connectivity index (χ4v) is 5.17. The summed E-state index contributed by atoms with van der Waals surface area (Å²) in [6.07, 6.45) is -4.84. The molecule has 15 heteroatoms. The van der Waals surface area contributed by atoms with Crippen molar-refractivity contribution in [2.45, 2.75) is 63.4 Å². The maximum absolute atomic E-state index is 15.3. The molecule has 37 heavy (non-hydrogen) atoms. The maximum Gasteiger partial charge on any atom is 0.459 e. The highest BCUT2D eigenvalue weighted by atomic mass is 35.5. The summed E-state index contributed by atoms with van der Waals surface area (Å²) in [5, 5.41) is 9.93. The summed E-state index contributed by atoms with van der Waals surface area (Å²) in [6, 6.07) is 6.75. The van der Waals surface area contributed by atoms with Crippen LogP contribution >= 0.6 is 19.3 Å². The van der Waals surface area contributed by atoms with Gasteiger partial charge in [-0.3, -0.25) is 23.7 Å². The van der Waals surface area contributed by atoms with Crippen LogP contribution in [0.5, 0.6) is 5.75 Å². The van der Waals surface area contributed by atoms with Crippen LogP contribution in [-0.4, -0.2) is 56.7 Å². The highest BCUT2D eigenvalue weighted by Crippen LogP contribution is 2.48. The van der Waals surface area contributed by atoms with E-state index < -0.39 is 67.3 Å². The number of ether oxygens (including phenoxy) is 2. The molecule has 1 fully saturated rings. The first-order valence-corrected chi connectivity index (χ1v) is 13.2. The number of aromatic nitrogens is 2. The molecule has 12 nitrogen and oxygen atoms in total. The Morgan fingerprint density at radius 1 is 1.32 bits per heavy atom. The standard InChI is InChI=1S/C22H28ClFN3O9P/c1-12(2)34-19(30)14(4)26-37(32,36-15-8-6-5-7-9-15)33-11-16-17(28)22(23,24)20(35-16)27-10-13(3)18(29)25-21(27)31/h5-10,12,14,16-17,20,28H,11H2,1-4H3,(H,26,32)(H,25,29,31)/t14-,16-,17-,20-,22-,37-/m1/s1. The van der Waals surface area contributed by atoms with Crippen molar-refractivity contribution in [3.8, 4) is 5.75 Å². The van der Waals surface area contributed by atoms with Crippen molar-refractivity contribution in [2.24, 2.45) is 0 Å². The average molecular weight is 564 g/mol. The van der Waals surface area contributed by atoms with Gasteiger partial charge < -0.3 is 19.1 Å². The molecule has 0 aliphatic carbocycles. The third-order valence-corrected chi connectivity index (χ3v) is 7.27. The van der Waals surface area contributed by atoms with Crippen molar-refractivity contribution in [3.05, 3.63) is 62.9 Å². The lowest BCUT2D eigenvalue weighted by Gasteiger charge is -2.25. The monoisotopic (exact) mass is 563 g/mol. The Kier molecular flexibility index (Phi) is 8.99. The third kappa shape index (κ3) is 6.86. The Balaban J connectivity index is 1.82. The molecule has 3 rings (SSSR count). The highest BCUT2D eigenvalue weighted by molar-refractivity contribution is 7.52. The van der Waals surface area contributed by atoms with E-state index in [1.54, 1.807) is 32.0 Å². The number of esters is 1. The number of aliphatic hydroxyl groups excluding tert-OH is 1. The second-order valence-electron chi connectivity index (χ2n) is 8.66. The number of halogens is 2. The summed E-state index contributed by atoms with van der Waals surface area (Å²) in [7, 11) is -4.35. The predicted molar refractivity (Wildman–Crippen MR) is 130 cm³/mol. The zero-order chi connectivity index (χ0) is 27.5. The number of para-hydroxylation sites is 1. The number of aliphatic hydroxyl groups is 1. The number of hydrogen-bond acceptors (Lipinski definition) is 9. The minimum Gasteiger partial charge on any atom is -0.462 e. The van der Waals surface area contributed by atoms with Gasteiger partial charge in [0.05, 0.1) is 12.7 Å². The zero-order valence-corrected chi connectivity index (χ0v) is 22.1. The van der Waals surface area contributed by atoms with E-state index in [0.29, 0.717) is 4.57 Å². The van der Waals surface area contributed by atoms with Gasteiger partial charge in [-0.2, -0.15) is 5.09 Å². The van der Waals surface area contributed by atoms with Crippen molar-refractivity contribution in [2.75, 3.05) is 6.61 Å². The number of hydrogen-bond donors (Lipinski definition) is 3. The van der Waals surface area contributed by atoms with E-state index >= 15 is 4.39 Å². The third-order valence-electron chi connectivity index (χ3n) is 5.21. The molecule has 2 aromatic rings. The first-order valence-electron chi connectivity index (χ1n) is 11.2. The second-order valence-corrected chi connectivity index (χ2v) is 10.9. The number of carbonyl (C=O) groups is 1. The summed E-state index contributed by atoms with van der Waals surface area (Å²) in [6.45, 7) is 5.31. The number of aryl methyl sites for hydroxylation is 1. The van der Waals surface area contributed by atoms with E-state index in [1.807, 2.05) is 4.98 Å². The van der Waals surface area contributed by atoms with Crippen LogP contribution in [0, 0.1) is 6.92 Å². The summed E-state index contributed by atoms with van der Waals surface area (Å²) in [5.41, 5.74) is -1.64. The van der Waals surface area contributed by atoms with Gasteiger partial charge in [-0.1, -0.05) is 29.8 Å². The molecular weight excluding hydrogens is 536 g/mol. The van der Waals surface area contributed by atoms with Crippen LogP contribution in [0.1, 0.15) is 32.6 Å². The molecule has 1 aromatic carbocycles. The molecular formula is C22H28ClFN3O9P. The maximum atomic E-state index is 15.3. The molecule has 0 unspecified atom stereocenters. The quantitative estimate of drug-likeness (QED) is 0.222. The smallest absolute Gasteiger partial charge is 0.459 e. The number of nitrogens with one attached hydrogen (secondary N) is 2. The van der Waals surface area contributed by atoms with E-state index in [4.69, 9.17) is 30.1 Å². The Labute approximate surface area is 216 Å². The topological polar surface area (TPSA) is 158 Å². The van der Waals surface area contributed by atoms with Gasteiger partial charge in [0, 0.05) is 11.8 Å². The zero-order valence-electron chi connectivity index (χ0n) is 20.4. The largest absolute Gasteiger partial charge is 0.462 e. The van der Waals surface area contributed by atoms with Crippen molar-refractivity contribution in [3.63, 3.8) is 0 Å². The van der Waals surface area contributed by atoms with Crippen LogP contribution in [0.25, 0.3) is 0 Å². The molecule has 1 saturated heterocycles. The summed E-state index contributed by atoms with van der Waals surface area (Å²) in [5.74, 6) is -0.606. The molecule has 0 radical (unpaired) electrons. The molecule has 1 aromatic heterocycles. The first kappa shape index (κ1) is 29.0. The lowest BCUT2D eigenvalue weighted by molar-refractivity contribution is -0.149. The van der Waals surface area contributed by atoms with E-state index in [1.165, 1.54) is 26.0 Å². The van der Waals surface area contributed by atoms with E-state index in [-0.39, 0.29) is 11.3 Å². The van der Waals surface area contributed by atoms with Gasteiger partial charge in [-0.25, -0.2) is 13.8 Å². The number of nitrogens with zero attached hydrogens (tertiary/aromatic N) is 1. The minimum atomic E-state index is -4.35. The van der Waals surface area contributed by atoms with Crippen LogP contribution in [0.4, 0.5) is 4.39 Å². The number of alkyl halides is 2. The van der Waals surface area contributed by atoms with Gasteiger partial charge in [-0.15, -0.1) is 0 Å². The Bertz CT molecular complexity index is 1270. The Hall–Kier alpha value is -2.54. The Morgan fingerprint density at radius 2 is 1.97 bits per heavy atom. The summed E-state index contributed by atoms with van der Waals surface area (Å²) >= 11 is 5.91. The van der Waals surface area contributed by atoms with Crippen LogP contribution in [0.15, 0.2) is 46.1 Å². The molecule has 204 valence electrons. The fraction of sp³-hybridized carbons (Fsp3) is 0.500. The molecule has 0 saturated carbocycles. The van der Waals surface area contributed by atoms with Crippen molar-refractivity contribution >= 4 is 25.3 Å².